The number of likely N-dealkylation sites (tertiary alicyclic amines) is 1. The molecule has 0 bridgehead atoms. The quantitative estimate of drug-likeness (QED) is 0.820. The van der Waals surface area contributed by atoms with Gasteiger partial charge in [0, 0.05) is 30.8 Å². The van der Waals surface area contributed by atoms with Crippen molar-refractivity contribution < 1.29 is 14.3 Å². The van der Waals surface area contributed by atoms with Gasteiger partial charge in [-0.3, -0.25) is 0 Å². The molecule has 144 valence electrons. The highest BCUT2D eigenvalue weighted by Gasteiger charge is 2.46. The van der Waals surface area contributed by atoms with Gasteiger partial charge in [0.05, 0.1) is 6.61 Å². The molecule has 5 heteroatoms. The number of rotatable bonds is 2. The van der Waals surface area contributed by atoms with Gasteiger partial charge >= 0.3 is 6.09 Å². The van der Waals surface area contributed by atoms with E-state index in [9.17, 15) is 4.79 Å². The van der Waals surface area contributed by atoms with Gasteiger partial charge in [0.15, 0.2) is 0 Å². The Morgan fingerprint density at radius 2 is 1.88 bits per heavy atom. The Bertz CT molecular complexity index is 448. The average Bonchev–Trinajstić information content (AvgIpc) is 2.55. The fourth-order valence-corrected chi connectivity index (χ4v) is 4.83. The van der Waals surface area contributed by atoms with Crippen molar-refractivity contribution in [1.82, 2.24) is 10.2 Å². The number of nitrogens with zero attached hydrogens (tertiary/aromatic N) is 1. The molecular weight excluding hydrogens is 316 g/mol. The molecule has 5 nitrogen and oxygen atoms in total. The number of piperidine rings is 1. The maximum atomic E-state index is 12.8. The first-order valence-electron chi connectivity index (χ1n) is 10.2. The molecule has 2 aliphatic heterocycles. The number of ether oxygens (including phenoxy) is 2. The van der Waals surface area contributed by atoms with Crippen LogP contribution in [0.25, 0.3) is 0 Å². The molecule has 3 rings (SSSR count). The third kappa shape index (κ3) is 4.88. The first kappa shape index (κ1) is 19.0. The average molecular weight is 353 g/mol. The minimum atomic E-state index is -0.429. The monoisotopic (exact) mass is 352 g/mol. The van der Waals surface area contributed by atoms with Crippen molar-refractivity contribution in [3.8, 4) is 0 Å². The Hall–Kier alpha value is -0.810. The van der Waals surface area contributed by atoms with Gasteiger partial charge in [0.2, 0.25) is 0 Å². The van der Waals surface area contributed by atoms with Crippen LogP contribution in [-0.2, 0) is 9.47 Å². The van der Waals surface area contributed by atoms with Crippen LogP contribution in [-0.4, -0.2) is 54.0 Å². The Morgan fingerprint density at radius 3 is 2.52 bits per heavy atom. The first-order valence-corrected chi connectivity index (χ1v) is 10.2. The predicted molar refractivity (Wildman–Crippen MR) is 98.8 cm³/mol. The molecule has 0 aromatic carbocycles. The summed E-state index contributed by atoms with van der Waals surface area (Å²) in [4.78, 5) is 14.9. The van der Waals surface area contributed by atoms with E-state index in [4.69, 9.17) is 9.47 Å². The van der Waals surface area contributed by atoms with E-state index in [1.165, 1.54) is 25.7 Å². The fourth-order valence-electron chi connectivity index (χ4n) is 4.83. The Kier molecular flexibility index (Phi) is 5.94. The van der Waals surface area contributed by atoms with Gasteiger partial charge < -0.3 is 19.7 Å². The maximum Gasteiger partial charge on any atom is 0.410 e. The Morgan fingerprint density at radius 1 is 1.12 bits per heavy atom. The topological polar surface area (TPSA) is 50.8 Å². The van der Waals surface area contributed by atoms with Crippen LogP contribution < -0.4 is 5.32 Å². The second-order valence-electron chi connectivity index (χ2n) is 9.19. The number of hydrogen-bond acceptors (Lipinski definition) is 4. The summed E-state index contributed by atoms with van der Waals surface area (Å²) in [6, 6.07) is 0.968. The van der Waals surface area contributed by atoms with Crippen LogP contribution >= 0.6 is 0 Å². The Labute approximate surface area is 152 Å². The third-order valence-electron chi connectivity index (χ3n) is 5.93. The normalized spacial score (nSPS) is 30.3. The molecule has 2 atom stereocenters. The zero-order chi connectivity index (χ0) is 17.9. The number of hydrogen-bond donors (Lipinski definition) is 1. The molecule has 25 heavy (non-hydrogen) atoms. The Balaban J connectivity index is 1.67. The first-order chi connectivity index (χ1) is 11.9. The van der Waals surface area contributed by atoms with Crippen molar-refractivity contribution in [3.05, 3.63) is 0 Å². The van der Waals surface area contributed by atoms with Gasteiger partial charge in [-0.05, 0) is 59.3 Å². The lowest BCUT2D eigenvalue weighted by Crippen LogP contribution is -2.62. The summed E-state index contributed by atoms with van der Waals surface area (Å²) < 4.78 is 11.4. The van der Waals surface area contributed by atoms with Crippen LogP contribution in [0.3, 0.4) is 0 Å². The van der Waals surface area contributed by atoms with E-state index < -0.39 is 5.60 Å². The van der Waals surface area contributed by atoms with Crippen molar-refractivity contribution in [3.63, 3.8) is 0 Å². The van der Waals surface area contributed by atoms with Crippen molar-refractivity contribution in [1.29, 1.82) is 0 Å². The molecule has 1 N–H and O–H groups in total. The fraction of sp³-hybridized carbons (Fsp3) is 0.950. The summed E-state index contributed by atoms with van der Waals surface area (Å²) in [5.41, 5.74) is -0.437. The summed E-state index contributed by atoms with van der Waals surface area (Å²) in [7, 11) is 0. The van der Waals surface area contributed by atoms with E-state index in [0.29, 0.717) is 12.1 Å². The molecule has 0 radical (unpaired) electrons. The summed E-state index contributed by atoms with van der Waals surface area (Å²) in [6.07, 6.45) is 10.3. The van der Waals surface area contributed by atoms with Crippen LogP contribution in [0.15, 0.2) is 0 Å². The molecule has 0 aromatic heterocycles. The molecule has 2 heterocycles. The molecule has 1 spiro atoms. The predicted octanol–water partition coefficient (Wildman–Crippen LogP) is 3.86. The van der Waals surface area contributed by atoms with Crippen LogP contribution in [0.2, 0.25) is 0 Å². The zero-order valence-corrected chi connectivity index (χ0v) is 16.3. The maximum absolute atomic E-state index is 12.8. The molecule has 2 saturated heterocycles. The van der Waals surface area contributed by atoms with E-state index in [0.717, 1.165) is 51.9 Å². The van der Waals surface area contributed by atoms with E-state index in [2.05, 4.69) is 10.2 Å². The van der Waals surface area contributed by atoms with Gasteiger partial charge in [-0.25, -0.2) is 4.79 Å². The van der Waals surface area contributed by atoms with Gasteiger partial charge in [0.25, 0.3) is 0 Å². The van der Waals surface area contributed by atoms with Gasteiger partial charge in [-0.1, -0.05) is 19.3 Å². The van der Waals surface area contributed by atoms with Gasteiger partial charge in [0.1, 0.15) is 5.60 Å². The van der Waals surface area contributed by atoms with E-state index >= 15 is 0 Å². The standard InChI is InChI=1S/C20H36N2O3/c1-19(2,3)25-18(23)22-12-9-16(21-17-8-7-13-24-15-17)14-20(22)10-5-4-6-11-20/h16-17,21H,4-15H2,1-3H3. The van der Waals surface area contributed by atoms with E-state index in [1.54, 1.807) is 0 Å². The van der Waals surface area contributed by atoms with Crippen molar-refractivity contribution >= 4 is 6.09 Å². The minimum Gasteiger partial charge on any atom is -0.444 e. The summed E-state index contributed by atoms with van der Waals surface area (Å²) in [6.45, 7) is 8.40. The van der Waals surface area contributed by atoms with Crippen molar-refractivity contribution in [2.24, 2.45) is 0 Å². The SMILES string of the molecule is CC(C)(C)OC(=O)N1CCC(NC2CCCOC2)CC12CCCCC2. The van der Waals surface area contributed by atoms with Crippen LogP contribution in [0, 0.1) is 0 Å². The molecule has 3 fully saturated rings. The third-order valence-corrected chi connectivity index (χ3v) is 5.93. The number of nitrogens with one attached hydrogen (secondary N) is 1. The lowest BCUT2D eigenvalue weighted by molar-refractivity contribution is -0.0358. The molecule has 3 aliphatic rings. The minimum absolute atomic E-state index is 0.00791. The van der Waals surface area contributed by atoms with E-state index in [-0.39, 0.29) is 11.6 Å². The van der Waals surface area contributed by atoms with Crippen molar-refractivity contribution in [2.75, 3.05) is 19.8 Å². The van der Waals surface area contributed by atoms with E-state index in [1.807, 2.05) is 20.8 Å². The summed E-state index contributed by atoms with van der Waals surface area (Å²) >= 11 is 0. The van der Waals surface area contributed by atoms with Crippen LogP contribution in [0.5, 0.6) is 0 Å². The highest BCUT2D eigenvalue weighted by atomic mass is 16.6. The van der Waals surface area contributed by atoms with Crippen LogP contribution in [0.1, 0.15) is 78.6 Å². The zero-order valence-electron chi connectivity index (χ0n) is 16.3. The number of carbonyl (C=O) groups excluding carboxylic acids is 1. The molecule has 1 amide bonds. The number of carbonyl (C=O) groups is 1. The molecule has 1 aliphatic carbocycles. The summed E-state index contributed by atoms with van der Waals surface area (Å²) in [5, 5.41) is 3.83. The number of amides is 1. The van der Waals surface area contributed by atoms with Crippen molar-refractivity contribution in [2.45, 2.75) is 102 Å². The molecule has 2 unspecified atom stereocenters. The second kappa shape index (κ2) is 7.83. The second-order valence-corrected chi connectivity index (χ2v) is 9.19. The molecule has 1 saturated carbocycles. The summed E-state index contributed by atoms with van der Waals surface area (Å²) in [5.74, 6) is 0. The van der Waals surface area contributed by atoms with Gasteiger partial charge in [-0.2, -0.15) is 0 Å². The smallest absolute Gasteiger partial charge is 0.410 e. The molecular formula is C20H36N2O3. The molecule has 0 aromatic rings. The van der Waals surface area contributed by atoms with Crippen LogP contribution in [0.4, 0.5) is 4.79 Å². The largest absolute Gasteiger partial charge is 0.444 e. The highest BCUT2D eigenvalue weighted by Crippen LogP contribution is 2.41. The van der Waals surface area contributed by atoms with Gasteiger partial charge in [-0.15, -0.1) is 0 Å². The highest BCUT2D eigenvalue weighted by molar-refractivity contribution is 5.69. The lowest BCUT2D eigenvalue weighted by atomic mass is 9.73. The lowest BCUT2D eigenvalue weighted by Gasteiger charge is -2.52.